The Balaban J connectivity index is 1.50. The summed E-state index contributed by atoms with van der Waals surface area (Å²) >= 11 is 0. The van der Waals surface area contributed by atoms with Gasteiger partial charge in [0.25, 0.3) is 5.89 Å². The monoisotopic (exact) mass is 325 g/mol. The molecule has 3 aromatic rings. The van der Waals surface area contributed by atoms with Crippen LogP contribution in [0, 0.1) is 13.8 Å². The maximum Gasteiger partial charge on any atom is 0.251 e. The minimum atomic E-state index is -0.0456. The summed E-state index contributed by atoms with van der Waals surface area (Å²) < 4.78 is 10.8. The van der Waals surface area contributed by atoms with E-state index in [9.17, 15) is 4.79 Å². The summed E-state index contributed by atoms with van der Waals surface area (Å²) in [5.74, 6) is 1.53. The molecular weight excluding hydrogens is 306 g/mol. The van der Waals surface area contributed by atoms with E-state index in [1.54, 1.807) is 12.3 Å². The summed E-state index contributed by atoms with van der Waals surface area (Å²) in [6.07, 6.45) is 2.29. The Morgan fingerprint density at radius 2 is 2.08 bits per heavy atom. The number of aryl methyl sites for hydroxylation is 3. The molecule has 0 unspecified atom stereocenters. The first kappa shape index (κ1) is 16.0. The molecule has 6 heteroatoms. The van der Waals surface area contributed by atoms with E-state index in [0.717, 1.165) is 16.9 Å². The highest BCUT2D eigenvalue weighted by Crippen LogP contribution is 2.22. The number of amides is 1. The Morgan fingerprint density at radius 3 is 2.83 bits per heavy atom. The van der Waals surface area contributed by atoms with Crippen LogP contribution in [0.4, 0.5) is 0 Å². The molecule has 0 fully saturated rings. The smallest absolute Gasteiger partial charge is 0.251 e. The third-order valence-corrected chi connectivity index (χ3v) is 3.69. The lowest BCUT2D eigenvalue weighted by Crippen LogP contribution is -2.23. The fraction of sp³-hybridized carbons (Fsp3) is 0.278. The largest absolute Gasteiger partial charge is 0.469 e. The third kappa shape index (κ3) is 3.90. The lowest BCUT2D eigenvalue weighted by atomic mass is 10.1. The predicted molar refractivity (Wildman–Crippen MR) is 88.1 cm³/mol. The van der Waals surface area contributed by atoms with Crippen LogP contribution in [0.5, 0.6) is 0 Å². The van der Waals surface area contributed by atoms with Gasteiger partial charge in [0.05, 0.1) is 11.8 Å². The third-order valence-electron chi connectivity index (χ3n) is 3.69. The summed E-state index contributed by atoms with van der Waals surface area (Å²) in [6.45, 7) is 4.38. The highest BCUT2D eigenvalue weighted by atomic mass is 16.4. The number of nitrogens with zero attached hydrogens (tertiary/aromatic N) is 2. The molecule has 2 heterocycles. The first-order chi connectivity index (χ1) is 11.6. The van der Waals surface area contributed by atoms with E-state index in [1.165, 1.54) is 5.56 Å². The van der Waals surface area contributed by atoms with Crippen molar-refractivity contribution in [3.8, 4) is 11.5 Å². The number of benzene rings is 1. The molecule has 0 saturated carbocycles. The Kier molecular flexibility index (Phi) is 4.74. The fourth-order valence-corrected chi connectivity index (χ4v) is 2.40. The predicted octanol–water partition coefficient (Wildman–Crippen LogP) is 3.20. The number of carbonyl (C=O) groups excluding carboxylic acids is 1. The van der Waals surface area contributed by atoms with Crippen LogP contribution in [-0.2, 0) is 17.8 Å². The van der Waals surface area contributed by atoms with E-state index in [4.69, 9.17) is 8.83 Å². The second-order valence-electron chi connectivity index (χ2n) is 5.66. The van der Waals surface area contributed by atoms with Crippen LogP contribution in [0.15, 0.2) is 45.4 Å². The van der Waals surface area contributed by atoms with Crippen molar-refractivity contribution in [3.05, 3.63) is 59.4 Å². The number of carbonyl (C=O) groups is 1. The van der Waals surface area contributed by atoms with Gasteiger partial charge in [-0.2, -0.15) is 0 Å². The van der Waals surface area contributed by atoms with Crippen LogP contribution in [-0.4, -0.2) is 16.1 Å². The van der Waals surface area contributed by atoms with Gasteiger partial charge in [0.1, 0.15) is 5.76 Å². The van der Waals surface area contributed by atoms with Crippen LogP contribution >= 0.6 is 0 Å². The van der Waals surface area contributed by atoms with Gasteiger partial charge < -0.3 is 14.2 Å². The summed E-state index contributed by atoms with van der Waals surface area (Å²) in [4.78, 5) is 11.9. The van der Waals surface area contributed by atoms with Crippen molar-refractivity contribution in [1.82, 2.24) is 15.5 Å². The van der Waals surface area contributed by atoms with Crippen molar-refractivity contribution in [1.29, 1.82) is 0 Å². The first-order valence-corrected chi connectivity index (χ1v) is 7.81. The molecule has 0 radical (unpaired) electrons. The molecule has 6 nitrogen and oxygen atoms in total. The summed E-state index contributed by atoms with van der Waals surface area (Å²) in [7, 11) is 0. The standard InChI is InChI=1S/C18H19N3O3/c1-12-4-3-5-14(10-12)11-19-16(22)6-7-17-20-21-18(24-17)15-8-9-23-13(15)2/h3-5,8-10H,6-7,11H2,1-2H3,(H,19,22). The van der Waals surface area contributed by atoms with Gasteiger partial charge in [-0.25, -0.2) is 0 Å². The van der Waals surface area contributed by atoms with Crippen molar-refractivity contribution in [3.63, 3.8) is 0 Å². The molecule has 24 heavy (non-hydrogen) atoms. The number of furan rings is 1. The molecule has 0 spiro atoms. The molecule has 0 atom stereocenters. The number of hydrogen-bond acceptors (Lipinski definition) is 5. The topological polar surface area (TPSA) is 81.2 Å². The van der Waals surface area contributed by atoms with Crippen LogP contribution in [0.1, 0.15) is 29.2 Å². The van der Waals surface area contributed by atoms with Gasteiger partial charge in [0.15, 0.2) is 0 Å². The molecule has 3 rings (SSSR count). The van der Waals surface area contributed by atoms with Gasteiger partial charge in [0, 0.05) is 19.4 Å². The summed E-state index contributed by atoms with van der Waals surface area (Å²) in [5, 5.41) is 10.9. The molecule has 1 N–H and O–H groups in total. The molecule has 1 amide bonds. The molecule has 0 aliphatic heterocycles. The van der Waals surface area contributed by atoms with Gasteiger partial charge in [-0.15, -0.1) is 10.2 Å². The molecule has 124 valence electrons. The molecular formula is C18H19N3O3. The lowest BCUT2D eigenvalue weighted by Gasteiger charge is -2.05. The second kappa shape index (κ2) is 7.12. The fourth-order valence-electron chi connectivity index (χ4n) is 2.40. The average Bonchev–Trinajstić information content (AvgIpc) is 3.19. The van der Waals surface area contributed by atoms with Gasteiger partial charge in [0.2, 0.25) is 11.8 Å². The quantitative estimate of drug-likeness (QED) is 0.752. The van der Waals surface area contributed by atoms with Gasteiger partial charge in [-0.05, 0) is 25.5 Å². The maximum absolute atomic E-state index is 11.9. The van der Waals surface area contributed by atoms with E-state index < -0.39 is 0 Å². The van der Waals surface area contributed by atoms with Crippen molar-refractivity contribution >= 4 is 5.91 Å². The van der Waals surface area contributed by atoms with Crippen LogP contribution in [0.3, 0.4) is 0 Å². The number of aromatic nitrogens is 2. The second-order valence-corrected chi connectivity index (χ2v) is 5.66. The maximum atomic E-state index is 11.9. The lowest BCUT2D eigenvalue weighted by molar-refractivity contribution is -0.121. The summed E-state index contributed by atoms with van der Waals surface area (Å²) in [6, 6.07) is 9.83. The zero-order chi connectivity index (χ0) is 16.9. The minimum Gasteiger partial charge on any atom is -0.469 e. The Bertz CT molecular complexity index is 835. The Hall–Kier alpha value is -2.89. The zero-order valence-electron chi connectivity index (χ0n) is 13.7. The zero-order valence-corrected chi connectivity index (χ0v) is 13.7. The molecule has 0 bridgehead atoms. The van der Waals surface area contributed by atoms with Crippen LogP contribution in [0.2, 0.25) is 0 Å². The average molecular weight is 325 g/mol. The van der Waals surface area contributed by atoms with Crippen LogP contribution < -0.4 is 5.32 Å². The minimum absolute atomic E-state index is 0.0456. The SMILES string of the molecule is Cc1cccc(CNC(=O)CCc2nnc(-c3ccoc3C)o2)c1. The number of nitrogens with one attached hydrogen (secondary N) is 1. The molecule has 0 saturated heterocycles. The Morgan fingerprint density at radius 1 is 1.21 bits per heavy atom. The van der Waals surface area contributed by atoms with Crippen molar-refractivity contribution in [2.75, 3.05) is 0 Å². The van der Waals surface area contributed by atoms with Gasteiger partial charge >= 0.3 is 0 Å². The van der Waals surface area contributed by atoms with E-state index in [-0.39, 0.29) is 5.91 Å². The van der Waals surface area contributed by atoms with Crippen molar-refractivity contribution in [2.24, 2.45) is 0 Å². The highest BCUT2D eigenvalue weighted by Gasteiger charge is 2.13. The van der Waals surface area contributed by atoms with Gasteiger partial charge in [-0.1, -0.05) is 29.8 Å². The van der Waals surface area contributed by atoms with E-state index in [1.807, 2.05) is 32.0 Å². The Labute approximate surface area is 139 Å². The first-order valence-electron chi connectivity index (χ1n) is 7.81. The van der Waals surface area contributed by atoms with E-state index >= 15 is 0 Å². The number of rotatable bonds is 6. The molecule has 1 aromatic carbocycles. The van der Waals surface area contributed by atoms with E-state index in [2.05, 4.69) is 21.6 Å². The van der Waals surface area contributed by atoms with Crippen molar-refractivity contribution in [2.45, 2.75) is 33.2 Å². The molecule has 0 aliphatic carbocycles. The molecule has 0 aliphatic rings. The van der Waals surface area contributed by atoms with Crippen LogP contribution in [0.25, 0.3) is 11.5 Å². The normalized spacial score (nSPS) is 10.8. The van der Waals surface area contributed by atoms with Crippen molar-refractivity contribution < 1.29 is 13.6 Å². The number of hydrogen-bond donors (Lipinski definition) is 1. The highest BCUT2D eigenvalue weighted by molar-refractivity contribution is 5.76. The van der Waals surface area contributed by atoms with E-state index in [0.29, 0.717) is 31.2 Å². The summed E-state index contributed by atoms with van der Waals surface area (Å²) in [5.41, 5.74) is 3.03. The molecule has 2 aromatic heterocycles. The van der Waals surface area contributed by atoms with Gasteiger partial charge in [-0.3, -0.25) is 4.79 Å².